The van der Waals surface area contributed by atoms with Crippen LogP contribution in [-0.4, -0.2) is 25.7 Å². The highest BCUT2D eigenvalue weighted by Crippen LogP contribution is 2.33. The van der Waals surface area contributed by atoms with E-state index < -0.39 is 12.1 Å². The second-order valence-electron chi connectivity index (χ2n) is 4.79. The molecule has 1 aliphatic rings. The largest absolute Gasteiger partial charge is 0.476 e. The van der Waals surface area contributed by atoms with E-state index in [0.717, 1.165) is 12.0 Å². The zero-order valence-corrected chi connectivity index (χ0v) is 11.3. The predicted octanol–water partition coefficient (Wildman–Crippen LogP) is 2.73. The number of aliphatic hydroxyl groups is 1. The van der Waals surface area contributed by atoms with Crippen LogP contribution in [-0.2, 0) is 6.54 Å². The predicted molar refractivity (Wildman–Crippen MR) is 73.8 cm³/mol. The number of hydrogen-bond acceptors (Lipinski definition) is 3. The summed E-state index contributed by atoms with van der Waals surface area (Å²) in [5.41, 5.74) is 1.12. The van der Waals surface area contributed by atoms with Crippen molar-refractivity contribution in [1.29, 1.82) is 0 Å². The zero-order chi connectivity index (χ0) is 14.3. The Bertz CT molecular complexity index is 664. The molecule has 104 valence electrons. The number of aromatic nitrogens is 2. The van der Waals surface area contributed by atoms with Crippen molar-refractivity contribution in [2.24, 2.45) is 0 Å². The van der Waals surface area contributed by atoms with Gasteiger partial charge in [0.25, 0.3) is 0 Å². The maximum absolute atomic E-state index is 11.3. The summed E-state index contributed by atoms with van der Waals surface area (Å²) in [5.74, 6) is -0.553. The van der Waals surface area contributed by atoms with Gasteiger partial charge in [-0.3, -0.25) is 0 Å². The number of carbonyl (C=O) groups is 1. The first-order valence-corrected chi connectivity index (χ1v) is 6.73. The molecule has 1 aromatic carbocycles. The van der Waals surface area contributed by atoms with E-state index in [9.17, 15) is 15.0 Å². The number of imidazole rings is 1. The lowest BCUT2D eigenvalue weighted by molar-refractivity contribution is 0.0677. The van der Waals surface area contributed by atoms with E-state index in [4.69, 9.17) is 11.6 Å². The highest BCUT2D eigenvalue weighted by Gasteiger charge is 2.29. The summed E-state index contributed by atoms with van der Waals surface area (Å²) in [6, 6.07) is 7.06. The topological polar surface area (TPSA) is 75.3 Å². The molecule has 0 saturated carbocycles. The van der Waals surface area contributed by atoms with Crippen LogP contribution < -0.4 is 0 Å². The van der Waals surface area contributed by atoms with E-state index in [1.54, 1.807) is 28.8 Å². The van der Waals surface area contributed by atoms with Gasteiger partial charge in [-0.1, -0.05) is 11.6 Å². The Balaban J connectivity index is 2.19. The minimum atomic E-state index is -1.12. The number of hydrogen-bond donors (Lipinski definition) is 2. The van der Waals surface area contributed by atoms with E-state index in [-0.39, 0.29) is 5.69 Å². The van der Waals surface area contributed by atoms with Gasteiger partial charge in [-0.15, -0.1) is 0 Å². The van der Waals surface area contributed by atoms with Crippen molar-refractivity contribution in [3.8, 4) is 11.4 Å². The molecule has 2 heterocycles. The van der Waals surface area contributed by atoms with Gasteiger partial charge >= 0.3 is 5.97 Å². The fourth-order valence-corrected chi connectivity index (χ4v) is 2.71. The average molecular weight is 293 g/mol. The van der Waals surface area contributed by atoms with Crippen molar-refractivity contribution in [2.75, 3.05) is 0 Å². The number of nitrogens with zero attached hydrogens (tertiary/aromatic N) is 2. The molecule has 0 spiro atoms. The summed E-state index contributed by atoms with van der Waals surface area (Å²) >= 11 is 5.86. The average Bonchev–Trinajstić information content (AvgIpc) is 2.81. The highest BCUT2D eigenvalue weighted by atomic mass is 35.5. The number of halogens is 1. The lowest BCUT2D eigenvalue weighted by atomic mass is 10.0. The Kier molecular flexibility index (Phi) is 3.23. The van der Waals surface area contributed by atoms with Gasteiger partial charge in [-0.05, 0) is 37.1 Å². The van der Waals surface area contributed by atoms with Gasteiger partial charge in [0.1, 0.15) is 5.82 Å². The summed E-state index contributed by atoms with van der Waals surface area (Å²) in [7, 11) is 0. The van der Waals surface area contributed by atoms with Gasteiger partial charge in [0.05, 0.1) is 11.8 Å². The molecule has 0 amide bonds. The van der Waals surface area contributed by atoms with Crippen LogP contribution in [0.4, 0.5) is 0 Å². The molecule has 0 bridgehead atoms. The standard InChI is InChI=1S/C14H13ClN2O3/c15-9-5-3-8(4-6-9)13-16-11(14(19)20)12-10(18)2-1-7-17(12)13/h3-6,10,18H,1-2,7H2,(H,19,20). The molecule has 0 aliphatic carbocycles. The molecule has 3 rings (SSSR count). The fraction of sp³-hybridized carbons (Fsp3) is 0.286. The molecule has 0 radical (unpaired) electrons. The number of carboxylic acids is 1. The van der Waals surface area contributed by atoms with Gasteiger partial charge in [0.15, 0.2) is 5.69 Å². The van der Waals surface area contributed by atoms with E-state index in [1.807, 2.05) is 0 Å². The third kappa shape index (κ3) is 2.09. The van der Waals surface area contributed by atoms with Crippen molar-refractivity contribution in [1.82, 2.24) is 9.55 Å². The van der Waals surface area contributed by atoms with Gasteiger partial charge in [-0.2, -0.15) is 0 Å². The molecule has 1 aliphatic heterocycles. The molecule has 0 fully saturated rings. The van der Waals surface area contributed by atoms with Crippen molar-refractivity contribution in [3.05, 3.63) is 40.7 Å². The van der Waals surface area contributed by atoms with Crippen LogP contribution in [0, 0.1) is 0 Å². The lowest BCUT2D eigenvalue weighted by Crippen LogP contribution is -2.18. The Hall–Kier alpha value is -1.85. The monoisotopic (exact) mass is 292 g/mol. The van der Waals surface area contributed by atoms with E-state index in [2.05, 4.69) is 4.98 Å². The summed E-state index contributed by atoms with van der Waals surface area (Å²) in [6.45, 7) is 0.657. The van der Waals surface area contributed by atoms with Crippen molar-refractivity contribution in [3.63, 3.8) is 0 Å². The first kappa shape index (κ1) is 13.1. The van der Waals surface area contributed by atoms with Crippen LogP contribution in [0.5, 0.6) is 0 Å². The SMILES string of the molecule is O=C(O)c1nc(-c2ccc(Cl)cc2)n2c1C(O)CCC2. The van der Waals surface area contributed by atoms with E-state index in [1.165, 1.54) is 0 Å². The Morgan fingerprint density at radius 1 is 1.35 bits per heavy atom. The lowest BCUT2D eigenvalue weighted by Gasteiger charge is -2.21. The second kappa shape index (κ2) is 4.92. The second-order valence-corrected chi connectivity index (χ2v) is 5.23. The number of aromatic carboxylic acids is 1. The van der Waals surface area contributed by atoms with E-state index in [0.29, 0.717) is 29.5 Å². The summed E-state index contributed by atoms with van der Waals surface area (Å²) in [5, 5.41) is 19.9. The molecule has 2 aromatic rings. The van der Waals surface area contributed by atoms with Crippen LogP contribution in [0.3, 0.4) is 0 Å². The van der Waals surface area contributed by atoms with E-state index >= 15 is 0 Å². The number of carboxylic acid groups (broad SMARTS) is 1. The van der Waals surface area contributed by atoms with Crippen molar-refractivity contribution < 1.29 is 15.0 Å². The zero-order valence-electron chi connectivity index (χ0n) is 10.6. The smallest absolute Gasteiger partial charge is 0.356 e. The van der Waals surface area contributed by atoms with Crippen LogP contribution in [0.1, 0.15) is 35.1 Å². The van der Waals surface area contributed by atoms with Crippen molar-refractivity contribution in [2.45, 2.75) is 25.5 Å². The third-order valence-corrected chi connectivity index (χ3v) is 3.74. The van der Waals surface area contributed by atoms with Gasteiger partial charge in [0, 0.05) is 17.1 Å². The Morgan fingerprint density at radius 3 is 2.70 bits per heavy atom. The van der Waals surface area contributed by atoms with Gasteiger partial charge in [-0.25, -0.2) is 9.78 Å². The molecule has 20 heavy (non-hydrogen) atoms. The molecule has 1 aromatic heterocycles. The molecule has 1 unspecified atom stereocenters. The van der Waals surface area contributed by atoms with Gasteiger partial charge in [0.2, 0.25) is 0 Å². The minimum Gasteiger partial charge on any atom is -0.476 e. The van der Waals surface area contributed by atoms with Crippen molar-refractivity contribution >= 4 is 17.6 Å². The molecular weight excluding hydrogens is 280 g/mol. The maximum Gasteiger partial charge on any atom is 0.356 e. The molecule has 2 N–H and O–H groups in total. The maximum atomic E-state index is 11.3. The quantitative estimate of drug-likeness (QED) is 0.892. The number of benzene rings is 1. The van der Waals surface area contributed by atoms with Crippen LogP contribution in [0.2, 0.25) is 5.02 Å². The number of rotatable bonds is 2. The number of aliphatic hydroxyl groups excluding tert-OH is 1. The normalized spacial score (nSPS) is 17.8. The first-order chi connectivity index (χ1) is 9.58. The molecule has 5 nitrogen and oxygen atoms in total. The Labute approximate surface area is 120 Å². The van der Waals surface area contributed by atoms with Gasteiger partial charge < -0.3 is 14.8 Å². The molecule has 1 atom stereocenters. The molecular formula is C14H13ClN2O3. The fourth-order valence-electron chi connectivity index (χ4n) is 2.59. The van der Waals surface area contributed by atoms with Crippen LogP contribution >= 0.6 is 11.6 Å². The summed E-state index contributed by atoms with van der Waals surface area (Å²) in [6.07, 6.45) is 0.583. The Morgan fingerprint density at radius 2 is 2.05 bits per heavy atom. The van der Waals surface area contributed by atoms with Crippen LogP contribution in [0.15, 0.2) is 24.3 Å². The summed E-state index contributed by atoms with van der Waals surface area (Å²) in [4.78, 5) is 15.5. The number of fused-ring (bicyclic) bond motifs is 1. The first-order valence-electron chi connectivity index (χ1n) is 6.35. The molecule has 6 heteroatoms. The van der Waals surface area contributed by atoms with Crippen LogP contribution in [0.25, 0.3) is 11.4 Å². The highest BCUT2D eigenvalue weighted by molar-refractivity contribution is 6.30. The third-order valence-electron chi connectivity index (χ3n) is 3.49. The molecule has 0 saturated heterocycles. The minimum absolute atomic E-state index is 0.0675. The summed E-state index contributed by atoms with van der Waals surface area (Å²) < 4.78 is 1.79.